The first kappa shape index (κ1) is 17.1. The monoisotopic (exact) mass is 362 g/mol. The van der Waals surface area contributed by atoms with Crippen LogP contribution in [-0.4, -0.2) is 29.0 Å². The van der Waals surface area contributed by atoms with Gasteiger partial charge in [0, 0.05) is 31.3 Å². The topological polar surface area (TPSA) is 58.1 Å². The van der Waals surface area contributed by atoms with Gasteiger partial charge in [-0.25, -0.2) is 14.4 Å². The van der Waals surface area contributed by atoms with E-state index in [0.29, 0.717) is 19.6 Å². The Balaban J connectivity index is 1.32. The third-order valence-corrected chi connectivity index (χ3v) is 4.68. The van der Waals surface area contributed by atoms with Gasteiger partial charge in [0.05, 0.1) is 11.6 Å². The maximum atomic E-state index is 12.9. The maximum absolute atomic E-state index is 12.9. The van der Waals surface area contributed by atoms with E-state index in [0.717, 1.165) is 22.6 Å². The normalized spacial score (nSPS) is 13.9. The molecule has 0 aliphatic carbocycles. The van der Waals surface area contributed by atoms with Crippen molar-refractivity contribution >= 4 is 11.7 Å². The Bertz CT molecular complexity index is 924. The van der Waals surface area contributed by atoms with Gasteiger partial charge < -0.3 is 10.2 Å². The fraction of sp³-hybridized carbons (Fsp3) is 0.190. The molecule has 0 unspecified atom stereocenters. The van der Waals surface area contributed by atoms with Crippen LogP contribution in [0, 0.1) is 11.7 Å². The third-order valence-electron chi connectivity index (χ3n) is 4.68. The number of aromatic nitrogens is 2. The van der Waals surface area contributed by atoms with Gasteiger partial charge in [-0.1, -0.05) is 42.5 Å². The Morgan fingerprint density at radius 3 is 2.56 bits per heavy atom. The summed E-state index contributed by atoms with van der Waals surface area (Å²) in [7, 11) is 0. The second-order valence-corrected chi connectivity index (χ2v) is 6.57. The van der Waals surface area contributed by atoms with Crippen LogP contribution in [0.2, 0.25) is 0 Å². The molecule has 4 rings (SSSR count). The highest BCUT2D eigenvalue weighted by Crippen LogP contribution is 2.26. The van der Waals surface area contributed by atoms with Crippen molar-refractivity contribution in [3.8, 4) is 11.3 Å². The Morgan fingerprint density at radius 1 is 1.07 bits per heavy atom. The number of nitrogens with one attached hydrogen (secondary N) is 1. The van der Waals surface area contributed by atoms with Gasteiger partial charge in [-0.3, -0.25) is 4.79 Å². The summed E-state index contributed by atoms with van der Waals surface area (Å²) in [6.07, 6.45) is 1.56. The van der Waals surface area contributed by atoms with Crippen molar-refractivity contribution in [1.82, 2.24) is 15.3 Å². The van der Waals surface area contributed by atoms with Crippen molar-refractivity contribution in [1.29, 1.82) is 0 Å². The SMILES string of the molecule is O=C(NCc1ccc(F)cc1)C1CN(c2cc(-c3ccccc3)ncn2)C1. The summed E-state index contributed by atoms with van der Waals surface area (Å²) in [4.78, 5) is 23.0. The van der Waals surface area contributed by atoms with Gasteiger partial charge in [-0.15, -0.1) is 0 Å². The van der Waals surface area contributed by atoms with Gasteiger partial charge >= 0.3 is 0 Å². The summed E-state index contributed by atoms with van der Waals surface area (Å²) in [5, 5.41) is 2.91. The zero-order chi connectivity index (χ0) is 18.6. The molecule has 3 aromatic rings. The Hall–Kier alpha value is -3.28. The lowest BCUT2D eigenvalue weighted by molar-refractivity contribution is -0.125. The van der Waals surface area contributed by atoms with Crippen molar-refractivity contribution in [3.05, 3.63) is 78.4 Å². The van der Waals surface area contributed by atoms with E-state index >= 15 is 0 Å². The molecule has 0 radical (unpaired) electrons. The summed E-state index contributed by atoms with van der Waals surface area (Å²) in [6.45, 7) is 1.66. The Morgan fingerprint density at radius 2 is 1.81 bits per heavy atom. The first-order valence-corrected chi connectivity index (χ1v) is 8.83. The van der Waals surface area contributed by atoms with E-state index in [1.54, 1.807) is 18.5 Å². The van der Waals surface area contributed by atoms with Crippen molar-refractivity contribution in [2.75, 3.05) is 18.0 Å². The summed E-state index contributed by atoms with van der Waals surface area (Å²) in [5.41, 5.74) is 2.78. The van der Waals surface area contributed by atoms with Gasteiger partial charge in [-0.05, 0) is 17.7 Å². The van der Waals surface area contributed by atoms with E-state index < -0.39 is 0 Å². The number of carbonyl (C=O) groups is 1. The molecule has 2 aromatic carbocycles. The third kappa shape index (κ3) is 3.95. The van der Waals surface area contributed by atoms with Gasteiger partial charge in [0.1, 0.15) is 18.0 Å². The number of hydrogen-bond donors (Lipinski definition) is 1. The molecule has 1 fully saturated rings. The maximum Gasteiger partial charge on any atom is 0.226 e. The number of rotatable bonds is 5. The molecule has 0 bridgehead atoms. The molecule has 1 aliphatic rings. The van der Waals surface area contributed by atoms with Gasteiger partial charge in [0.15, 0.2) is 0 Å². The molecule has 1 aliphatic heterocycles. The average molecular weight is 362 g/mol. The van der Waals surface area contributed by atoms with Gasteiger partial charge in [0.25, 0.3) is 0 Å². The molecule has 1 amide bonds. The van der Waals surface area contributed by atoms with Crippen LogP contribution in [0.3, 0.4) is 0 Å². The molecule has 136 valence electrons. The Labute approximate surface area is 156 Å². The molecular weight excluding hydrogens is 343 g/mol. The van der Waals surface area contributed by atoms with Crippen molar-refractivity contribution in [2.24, 2.45) is 5.92 Å². The van der Waals surface area contributed by atoms with Crippen LogP contribution in [0.1, 0.15) is 5.56 Å². The van der Waals surface area contributed by atoms with E-state index in [2.05, 4.69) is 20.2 Å². The van der Waals surface area contributed by atoms with E-state index in [9.17, 15) is 9.18 Å². The van der Waals surface area contributed by atoms with E-state index in [1.807, 2.05) is 36.4 Å². The molecule has 5 nitrogen and oxygen atoms in total. The summed E-state index contributed by atoms with van der Waals surface area (Å²) < 4.78 is 12.9. The van der Waals surface area contributed by atoms with Crippen LogP contribution in [0.25, 0.3) is 11.3 Å². The van der Waals surface area contributed by atoms with E-state index in [1.165, 1.54) is 12.1 Å². The highest BCUT2D eigenvalue weighted by Gasteiger charge is 2.33. The molecule has 27 heavy (non-hydrogen) atoms. The fourth-order valence-corrected chi connectivity index (χ4v) is 3.05. The molecule has 1 saturated heterocycles. The van der Waals surface area contributed by atoms with E-state index in [-0.39, 0.29) is 17.6 Å². The van der Waals surface area contributed by atoms with Crippen LogP contribution in [-0.2, 0) is 11.3 Å². The lowest BCUT2D eigenvalue weighted by Crippen LogP contribution is -2.54. The molecule has 0 atom stereocenters. The highest BCUT2D eigenvalue weighted by atomic mass is 19.1. The molecule has 0 spiro atoms. The minimum Gasteiger partial charge on any atom is -0.355 e. The minimum absolute atomic E-state index is 0.00733. The number of anilines is 1. The molecule has 0 saturated carbocycles. The second-order valence-electron chi connectivity index (χ2n) is 6.57. The zero-order valence-corrected chi connectivity index (χ0v) is 14.7. The first-order valence-electron chi connectivity index (χ1n) is 8.83. The number of carbonyl (C=O) groups excluding carboxylic acids is 1. The van der Waals surface area contributed by atoms with Crippen molar-refractivity contribution in [3.63, 3.8) is 0 Å². The quantitative estimate of drug-likeness (QED) is 0.758. The van der Waals surface area contributed by atoms with Crippen LogP contribution in [0.5, 0.6) is 0 Å². The van der Waals surface area contributed by atoms with Crippen LogP contribution >= 0.6 is 0 Å². The highest BCUT2D eigenvalue weighted by molar-refractivity contribution is 5.81. The zero-order valence-electron chi connectivity index (χ0n) is 14.7. The lowest BCUT2D eigenvalue weighted by atomic mass is 9.99. The smallest absolute Gasteiger partial charge is 0.226 e. The molecule has 2 heterocycles. The number of hydrogen-bond acceptors (Lipinski definition) is 4. The van der Waals surface area contributed by atoms with Gasteiger partial charge in [-0.2, -0.15) is 0 Å². The molecule has 1 N–H and O–H groups in total. The molecule has 1 aromatic heterocycles. The van der Waals surface area contributed by atoms with Crippen molar-refractivity contribution < 1.29 is 9.18 Å². The number of nitrogens with zero attached hydrogens (tertiary/aromatic N) is 3. The second kappa shape index (κ2) is 7.53. The summed E-state index contributed by atoms with van der Waals surface area (Å²) >= 11 is 0. The van der Waals surface area contributed by atoms with E-state index in [4.69, 9.17) is 0 Å². The molecule has 6 heteroatoms. The largest absolute Gasteiger partial charge is 0.355 e. The van der Waals surface area contributed by atoms with Crippen LogP contribution in [0.4, 0.5) is 10.2 Å². The first-order chi connectivity index (χ1) is 13.2. The van der Waals surface area contributed by atoms with Crippen LogP contribution in [0.15, 0.2) is 67.0 Å². The standard InChI is InChI=1S/C21H19FN4O/c22-18-8-6-15(7-9-18)11-23-21(27)17-12-26(13-17)20-10-19(24-14-25-20)16-4-2-1-3-5-16/h1-10,14,17H,11-13H2,(H,23,27). The summed E-state index contributed by atoms with van der Waals surface area (Å²) in [6, 6.07) is 18.0. The minimum atomic E-state index is -0.278. The van der Waals surface area contributed by atoms with Crippen LogP contribution < -0.4 is 10.2 Å². The predicted molar refractivity (Wildman–Crippen MR) is 101 cm³/mol. The average Bonchev–Trinajstić information content (AvgIpc) is 2.67. The number of amides is 1. The Kier molecular flexibility index (Phi) is 4.78. The number of benzene rings is 2. The number of halogens is 1. The fourth-order valence-electron chi connectivity index (χ4n) is 3.05. The summed E-state index contributed by atoms with van der Waals surface area (Å²) in [5.74, 6) is 0.486. The van der Waals surface area contributed by atoms with Gasteiger partial charge in [0.2, 0.25) is 5.91 Å². The molecular formula is C21H19FN4O. The van der Waals surface area contributed by atoms with Crippen molar-refractivity contribution in [2.45, 2.75) is 6.54 Å². The predicted octanol–water partition coefficient (Wildman–Crippen LogP) is 3.04. The lowest BCUT2D eigenvalue weighted by Gasteiger charge is -2.39.